The van der Waals surface area contributed by atoms with E-state index in [1.165, 1.54) is 0 Å². The number of thiophene rings is 1. The molecule has 1 aliphatic rings. The Morgan fingerprint density at radius 1 is 1.43 bits per heavy atom. The Balaban J connectivity index is 1.58. The highest BCUT2D eigenvalue weighted by Crippen LogP contribution is 2.27. The zero-order valence-corrected chi connectivity index (χ0v) is 14.4. The molecular formula is C15H18N4O2S2. The lowest BCUT2D eigenvalue weighted by molar-refractivity contribution is -0.124. The maximum Gasteiger partial charge on any atom is 0.317 e. The van der Waals surface area contributed by atoms with Crippen LogP contribution in [0.5, 0.6) is 0 Å². The molecule has 0 radical (unpaired) electrons. The molecule has 1 saturated heterocycles. The van der Waals surface area contributed by atoms with Gasteiger partial charge in [-0.2, -0.15) is 0 Å². The average Bonchev–Trinajstić information content (AvgIpc) is 3.32. The monoisotopic (exact) mass is 350 g/mol. The van der Waals surface area contributed by atoms with Crippen LogP contribution in [-0.4, -0.2) is 41.5 Å². The second kappa shape index (κ2) is 7.10. The Labute approximate surface area is 142 Å². The number of amides is 3. The van der Waals surface area contributed by atoms with Crippen molar-refractivity contribution in [2.75, 3.05) is 13.6 Å². The van der Waals surface area contributed by atoms with Crippen LogP contribution in [0, 0.1) is 0 Å². The van der Waals surface area contributed by atoms with E-state index in [1.807, 2.05) is 22.9 Å². The molecule has 6 nitrogen and oxygen atoms in total. The third kappa shape index (κ3) is 3.53. The van der Waals surface area contributed by atoms with Gasteiger partial charge in [0.05, 0.1) is 17.1 Å². The number of hydrogen-bond donors (Lipinski definition) is 2. The van der Waals surface area contributed by atoms with Gasteiger partial charge in [0, 0.05) is 19.0 Å². The molecule has 8 heteroatoms. The number of likely N-dealkylation sites (tertiary alicyclic amines) is 1. The van der Waals surface area contributed by atoms with E-state index in [1.54, 1.807) is 34.6 Å². The van der Waals surface area contributed by atoms with Crippen molar-refractivity contribution in [1.82, 2.24) is 20.5 Å². The first-order valence-corrected chi connectivity index (χ1v) is 9.19. The number of nitrogens with one attached hydrogen (secondary N) is 2. The van der Waals surface area contributed by atoms with Gasteiger partial charge in [-0.15, -0.1) is 22.7 Å². The van der Waals surface area contributed by atoms with Gasteiger partial charge in [-0.3, -0.25) is 4.79 Å². The lowest BCUT2D eigenvalue weighted by Gasteiger charge is -2.23. The minimum atomic E-state index is -0.384. The summed E-state index contributed by atoms with van der Waals surface area (Å²) in [6.07, 6.45) is 1.56. The fraction of sp³-hybridized carbons (Fsp3) is 0.400. The number of aromatic nitrogens is 1. The molecule has 1 aliphatic heterocycles. The van der Waals surface area contributed by atoms with Gasteiger partial charge >= 0.3 is 6.03 Å². The molecule has 1 atom stereocenters. The summed E-state index contributed by atoms with van der Waals surface area (Å²) in [5.74, 6) is -0.114. The molecule has 0 aromatic carbocycles. The molecule has 2 aromatic rings. The van der Waals surface area contributed by atoms with Gasteiger partial charge in [-0.1, -0.05) is 6.07 Å². The molecule has 1 fully saturated rings. The normalized spacial score (nSPS) is 17.3. The van der Waals surface area contributed by atoms with Crippen LogP contribution in [0.3, 0.4) is 0 Å². The fourth-order valence-electron chi connectivity index (χ4n) is 2.62. The highest BCUT2D eigenvalue weighted by molar-refractivity contribution is 7.20. The Morgan fingerprint density at radius 3 is 3.04 bits per heavy atom. The van der Waals surface area contributed by atoms with Gasteiger partial charge in [0.1, 0.15) is 11.0 Å². The number of carbonyl (C=O) groups is 2. The molecule has 122 valence electrons. The van der Waals surface area contributed by atoms with Gasteiger partial charge in [-0.05, 0) is 24.3 Å². The van der Waals surface area contributed by atoms with E-state index in [4.69, 9.17) is 0 Å². The van der Waals surface area contributed by atoms with Crippen molar-refractivity contribution < 1.29 is 9.59 Å². The van der Waals surface area contributed by atoms with Gasteiger partial charge in [-0.25, -0.2) is 9.78 Å². The molecule has 3 amide bonds. The average molecular weight is 350 g/mol. The van der Waals surface area contributed by atoms with Crippen LogP contribution in [0.2, 0.25) is 0 Å². The summed E-state index contributed by atoms with van der Waals surface area (Å²) in [6, 6.07) is 3.45. The molecule has 0 saturated carbocycles. The number of thiazole rings is 1. The third-order valence-electron chi connectivity index (χ3n) is 3.76. The highest BCUT2D eigenvalue weighted by atomic mass is 32.1. The van der Waals surface area contributed by atoms with Crippen LogP contribution in [0.1, 0.15) is 18.5 Å². The predicted octanol–water partition coefficient (Wildman–Crippen LogP) is 2.29. The van der Waals surface area contributed by atoms with Crippen LogP contribution in [-0.2, 0) is 11.3 Å². The molecule has 0 bridgehead atoms. The molecule has 3 heterocycles. The standard InChI is InChI=1S/C15H18N4O2S2/c1-16-15(21)19-6-2-4-11(19)13(20)17-8-10-9-23-14(18-10)12-5-3-7-22-12/h3,5,7,9,11H,2,4,6,8H2,1H3,(H,16,21)(H,17,20). The van der Waals surface area contributed by atoms with Crippen molar-refractivity contribution >= 4 is 34.6 Å². The number of nitrogens with zero attached hydrogens (tertiary/aromatic N) is 2. The Kier molecular flexibility index (Phi) is 4.92. The van der Waals surface area contributed by atoms with Crippen molar-refractivity contribution in [1.29, 1.82) is 0 Å². The van der Waals surface area contributed by atoms with Crippen LogP contribution in [0.25, 0.3) is 9.88 Å². The smallest absolute Gasteiger partial charge is 0.317 e. The second-order valence-electron chi connectivity index (χ2n) is 5.25. The van der Waals surface area contributed by atoms with Crippen LogP contribution >= 0.6 is 22.7 Å². The van der Waals surface area contributed by atoms with Crippen molar-refractivity contribution in [2.45, 2.75) is 25.4 Å². The van der Waals surface area contributed by atoms with E-state index in [-0.39, 0.29) is 18.0 Å². The van der Waals surface area contributed by atoms with Crippen molar-refractivity contribution in [3.63, 3.8) is 0 Å². The maximum atomic E-state index is 12.3. The van der Waals surface area contributed by atoms with Gasteiger partial charge in [0.15, 0.2) is 0 Å². The first-order valence-electron chi connectivity index (χ1n) is 7.43. The highest BCUT2D eigenvalue weighted by Gasteiger charge is 2.33. The lowest BCUT2D eigenvalue weighted by atomic mass is 10.2. The minimum Gasteiger partial charge on any atom is -0.349 e. The molecule has 3 rings (SSSR count). The predicted molar refractivity (Wildman–Crippen MR) is 91.5 cm³/mol. The molecule has 1 unspecified atom stereocenters. The topological polar surface area (TPSA) is 74.3 Å². The third-order valence-corrected chi connectivity index (χ3v) is 5.69. The Bertz CT molecular complexity index is 683. The van der Waals surface area contributed by atoms with E-state index in [2.05, 4.69) is 15.6 Å². The van der Waals surface area contributed by atoms with Crippen LogP contribution < -0.4 is 10.6 Å². The zero-order chi connectivity index (χ0) is 16.2. The first-order chi connectivity index (χ1) is 11.2. The SMILES string of the molecule is CNC(=O)N1CCCC1C(=O)NCc1csc(-c2cccs2)n1. The number of rotatable bonds is 4. The summed E-state index contributed by atoms with van der Waals surface area (Å²) in [5, 5.41) is 10.4. The largest absolute Gasteiger partial charge is 0.349 e. The summed E-state index contributed by atoms with van der Waals surface area (Å²) in [6.45, 7) is 1.01. The van der Waals surface area contributed by atoms with Gasteiger partial charge < -0.3 is 15.5 Å². The van der Waals surface area contributed by atoms with E-state index in [0.717, 1.165) is 22.0 Å². The molecule has 0 aliphatic carbocycles. The molecule has 0 spiro atoms. The summed E-state index contributed by atoms with van der Waals surface area (Å²) in [4.78, 5) is 31.4. The number of carbonyl (C=O) groups excluding carboxylic acids is 2. The van der Waals surface area contributed by atoms with Crippen molar-refractivity contribution in [3.05, 3.63) is 28.6 Å². The number of urea groups is 1. The van der Waals surface area contributed by atoms with Crippen molar-refractivity contribution in [3.8, 4) is 9.88 Å². The zero-order valence-electron chi connectivity index (χ0n) is 12.7. The van der Waals surface area contributed by atoms with Gasteiger partial charge in [0.2, 0.25) is 5.91 Å². The second-order valence-corrected chi connectivity index (χ2v) is 7.05. The Morgan fingerprint density at radius 2 is 2.30 bits per heavy atom. The van der Waals surface area contributed by atoms with E-state index >= 15 is 0 Å². The molecular weight excluding hydrogens is 332 g/mol. The molecule has 2 N–H and O–H groups in total. The van der Waals surface area contributed by atoms with Crippen LogP contribution in [0.15, 0.2) is 22.9 Å². The number of hydrogen-bond acceptors (Lipinski definition) is 5. The molecule has 23 heavy (non-hydrogen) atoms. The van der Waals surface area contributed by atoms with Crippen LogP contribution in [0.4, 0.5) is 4.79 Å². The minimum absolute atomic E-state index is 0.114. The molecule has 2 aromatic heterocycles. The Hall–Kier alpha value is -1.93. The van der Waals surface area contributed by atoms with Crippen molar-refractivity contribution in [2.24, 2.45) is 0 Å². The summed E-state index contributed by atoms with van der Waals surface area (Å²) < 4.78 is 0. The fourth-order valence-corrected chi connectivity index (χ4v) is 4.26. The summed E-state index contributed by atoms with van der Waals surface area (Å²) in [7, 11) is 1.58. The van der Waals surface area contributed by atoms with E-state index < -0.39 is 0 Å². The summed E-state index contributed by atoms with van der Waals surface area (Å²) >= 11 is 3.22. The summed E-state index contributed by atoms with van der Waals surface area (Å²) in [5.41, 5.74) is 0.844. The van der Waals surface area contributed by atoms with Gasteiger partial charge in [0.25, 0.3) is 0 Å². The lowest BCUT2D eigenvalue weighted by Crippen LogP contribution is -2.48. The van der Waals surface area contributed by atoms with E-state index in [9.17, 15) is 9.59 Å². The van der Waals surface area contributed by atoms with E-state index in [0.29, 0.717) is 19.5 Å². The maximum absolute atomic E-state index is 12.3. The quantitative estimate of drug-likeness (QED) is 0.888. The first kappa shape index (κ1) is 15.9.